The van der Waals surface area contributed by atoms with E-state index in [1.54, 1.807) is 0 Å². The Kier molecular flexibility index (Phi) is 2.89. The van der Waals surface area contributed by atoms with Crippen LogP contribution in [0.15, 0.2) is 79.0 Å². The van der Waals surface area contributed by atoms with Crippen LogP contribution in [0.1, 0.15) is 11.3 Å². The fourth-order valence-electron chi connectivity index (χ4n) is 2.95. The lowest BCUT2D eigenvalue weighted by molar-refractivity contribution is 1.11. The van der Waals surface area contributed by atoms with Gasteiger partial charge in [0, 0.05) is 18.0 Å². The molecule has 0 aliphatic carbocycles. The quantitative estimate of drug-likeness (QED) is 0.500. The van der Waals surface area contributed by atoms with Gasteiger partial charge in [0.1, 0.15) is 0 Å². The third kappa shape index (κ3) is 2.17. The SMILES string of the molecule is c1ccc2c(Cc3nccc4ccccc34)cccc2c1. The van der Waals surface area contributed by atoms with E-state index in [4.69, 9.17) is 0 Å². The molecule has 0 aliphatic heterocycles. The number of rotatable bonds is 2. The van der Waals surface area contributed by atoms with Crippen molar-refractivity contribution in [3.63, 3.8) is 0 Å². The zero-order valence-corrected chi connectivity index (χ0v) is 11.7. The molecule has 21 heavy (non-hydrogen) atoms. The highest BCUT2D eigenvalue weighted by Gasteiger charge is 2.06. The summed E-state index contributed by atoms with van der Waals surface area (Å²) < 4.78 is 0. The first-order valence-electron chi connectivity index (χ1n) is 7.21. The average Bonchev–Trinajstić information content (AvgIpc) is 2.56. The van der Waals surface area contributed by atoms with Gasteiger partial charge in [-0.05, 0) is 27.8 Å². The lowest BCUT2D eigenvalue weighted by Crippen LogP contribution is -1.94. The van der Waals surface area contributed by atoms with E-state index >= 15 is 0 Å². The molecule has 0 amide bonds. The number of hydrogen-bond acceptors (Lipinski definition) is 1. The van der Waals surface area contributed by atoms with Crippen LogP contribution in [0.2, 0.25) is 0 Å². The minimum Gasteiger partial charge on any atom is -0.260 e. The Morgan fingerprint density at radius 1 is 0.619 bits per heavy atom. The minimum atomic E-state index is 0.864. The molecule has 1 heterocycles. The first-order chi connectivity index (χ1) is 10.4. The van der Waals surface area contributed by atoms with Crippen LogP contribution in [0, 0.1) is 0 Å². The van der Waals surface area contributed by atoms with Gasteiger partial charge >= 0.3 is 0 Å². The van der Waals surface area contributed by atoms with E-state index in [2.05, 4.69) is 77.8 Å². The second-order valence-corrected chi connectivity index (χ2v) is 5.29. The van der Waals surface area contributed by atoms with Crippen molar-refractivity contribution in [1.29, 1.82) is 0 Å². The molecule has 1 heteroatoms. The van der Waals surface area contributed by atoms with Crippen LogP contribution in [0.4, 0.5) is 0 Å². The van der Waals surface area contributed by atoms with Gasteiger partial charge < -0.3 is 0 Å². The molecule has 100 valence electrons. The van der Waals surface area contributed by atoms with Crippen LogP contribution in [0.25, 0.3) is 21.5 Å². The zero-order valence-electron chi connectivity index (χ0n) is 11.7. The van der Waals surface area contributed by atoms with Crippen LogP contribution in [0.3, 0.4) is 0 Å². The summed E-state index contributed by atoms with van der Waals surface area (Å²) in [4.78, 5) is 4.61. The zero-order chi connectivity index (χ0) is 14.1. The number of benzene rings is 3. The number of hydrogen-bond donors (Lipinski definition) is 0. The summed E-state index contributed by atoms with van der Waals surface area (Å²) in [5.41, 5.74) is 2.47. The lowest BCUT2D eigenvalue weighted by atomic mass is 9.98. The third-order valence-electron chi connectivity index (χ3n) is 3.99. The van der Waals surface area contributed by atoms with Crippen LogP contribution in [-0.2, 0) is 6.42 Å². The molecular formula is C20H15N. The summed E-state index contributed by atoms with van der Waals surface area (Å²) in [6, 6.07) is 25.6. The lowest BCUT2D eigenvalue weighted by Gasteiger charge is -2.08. The van der Waals surface area contributed by atoms with Gasteiger partial charge in [-0.3, -0.25) is 4.98 Å². The fraction of sp³-hybridized carbons (Fsp3) is 0.0500. The van der Waals surface area contributed by atoms with Crippen molar-refractivity contribution in [3.8, 4) is 0 Å². The summed E-state index contributed by atoms with van der Waals surface area (Å²) in [6.07, 6.45) is 2.77. The van der Waals surface area contributed by atoms with Crippen molar-refractivity contribution in [2.75, 3.05) is 0 Å². The van der Waals surface area contributed by atoms with Gasteiger partial charge in [-0.2, -0.15) is 0 Å². The van der Waals surface area contributed by atoms with Crippen molar-refractivity contribution in [1.82, 2.24) is 4.98 Å². The van der Waals surface area contributed by atoms with E-state index < -0.39 is 0 Å². The van der Waals surface area contributed by atoms with Crippen molar-refractivity contribution in [3.05, 3.63) is 90.3 Å². The topological polar surface area (TPSA) is 12.9 Å². The van der Waals surface area contributed by atoms with Gasteiger partial charge in [-0.25, -0.2) is 0 Å². The smallest absolute Gasteiger partial charge is 0.0525 e. The molecule has 0 aliphatic rings. The minimum absolute atomic E-state index is 0.864. The summed E-state index contributed by atoms with van der Waals surface area (Å²) in [7, 11) is 0. The third-order valence-corrected chi connectivity index (χ3v) is 3.99. The van der Waals surface area contributed by atoms with Crippen molar-refractivity contribution < 1.29 is 0 Å². The van der Waals surface area contributed by atoms with E-state index in [9.17, 15) is 0 Å². The Hall–Kier alpha value is -2.67. The van der Waals surface area contributed by atoms with Gasteiger partial charge in [0.25, 0.3) is 0 Å². The predicted octanol–water partition coefficient (Wildman–Crippen LogP) is 4.98. The highest BCUT2D eigenvalue weighted by atomic mass is 14.7. The molecule has 1 aromatic heterocycles. The van der Waals surface area contributed by atoms with Crippen LogP contribution in [-0.4, -0.2) is 4.98 Å². The summed E-state index contributed by atoms with van der Waals surface area (Å²) >= 11 is 0. The largest absolute Gasteiger partial charge is 0.260 e. The average molecular weight is 269 g/mol. The fourth-order valence-corrected chi connectivity index (χ4v) is 2.95. The summed E-state index contributed by atoms with van der Waals surface area (Å²) in [5, 5.41) is 5.10. The Bertz CT molecular complexity index is 837. The molecule has 0 saturated heterocycles. The standard InChI is InChI=1S/C20H15N/c1-3-10-18-15(6-1)8-5-9-17(18)14-20-19-11-4-2-7-16(19)12-13-21-20/h1-13H,14H2. The molecule has 0 saturated carbocycles. The summed E-state index contributed by atoms with van der Waals surface area (Å²) in [6.45, 7) is 0. The van der Waals surface area contributed by atoms with Crippen LogP contribution in [0.5, 0.6) is 0 Å². The second-order valence-electron chi connectivity index (χ2n) is 5.29. The van der Waals surface area contributed by atoms with Gasteiger partial charge in [0.15, 0.2) is 0 Å². The monoisotopic (exact) mass is 269 g/mol. The van der Waals surface area contributed by atoms with E-state index in [1.165, 1.54) is 27.1 Å². The maximum atomic E-state index is 4.61. The van der Waals surface area contributed by atoms with E-state index in [0.717, 1.165) is 12.1 Å². The molecule has 0 unspecified atom stereocenters. The highest BCUT2D eigenvalue weighted by Crippen LogP contribution is 2.24. The van der Waals surface area contributed by atoms with Gasteiger partial charge in [-0.15, -0.1) is 0 Å². The molecule has 0 spiro atoms. The van der Waals surface area contributed by atoms with E-state index in [1.807, 2.05) is 6.20 Å². The van der Waals surface area contributed by atoms with Gasteiger partial charge in [0.05, 0.1) is 5.69 Å². The Morgan fingerprint density at radius 2 is 1.29 bits per heavy atom. The molecule has 0 fully saturated rings. The molecule has 3 aromatic carbocycles. The number of aromatic nitrogens is 1. The first-order valence-corrected chi connectivity index (χ1v) is 7.21. The Balaban J connectivity index is 1.87. The molecule has 4 rings (SSSR count). The number of pyridine rings is 1. The summed E-state index contributed by atoms with van der Waals surface area (Å²) in [5.74, 6) is 0. The molecule has 0 radical (unpaired) electrons. The molecule has 1 nitrogen and oxygen atoms in total. The molecule has 0 atom stereocenters. The van der Waals surface area contributed by atoms with Crippen LogP contribution >= 0.6 is 0 Å². The van der Waals surface area contributed by atoms with Gasteiger partial charge in [-0.1, -0.05) is 66.7 Å². The van der Waals surface area contributed by atoms with Crippen LogP contribution < -0.4 is 0 Å². The second kappa shape index (κ2) is 5.02. The molecule has 4 aromatic rings. The molecule has 0 N–H and O–H groups in total. The normalized spacial score (nSPS) is 11.0. The molecule has 0 bridgehead atoms. The maximum Gasteiger partial charge on any atom is 0.0525 e. The highest BCUT2D eigenvalue weighted by molar-refractivity contribution is 5.88. The Morgan fingerprint density at radius 3 is 2.14 bits per heavy atom. The maximum absolute atomic E-state index is 4.61. The van der Waals surface area contributed by atoms with E-state index in [-0.39, 0.29) is 0 Å². The van der Waals surface area contributed by atoms with Gasteiger partial charge in [0.2, 0.25) is 0 Å². The van der Waals surface area contributed by atoms with E-state index in [0.29, 0.717) is 0 Å². The van der Waals surface area contributed by atoms with Crippen molar-refractivity contribution in [2.45, 2.75) is 6.42 Å². The molecular weight excluding hydrogens is 254 g/mol. The number of nitrogens with zero attached hydrogens (tertiary/aromatic N) is 1. The predicted molar refractivity (Wildman–Crippen MR) is 88.5 cm³/mol. The van der Waals surface area contributed by atoms with Crippen molar-refractivity contribution >= 4 is 21.5 Å². The first kappa shape index (κ1) is 12.1. The number of fused-ring (bicyclic) bond motifs is 2. The Labute approximate surface area is 123 Å². The van der Waals surface area contributed by atoms with Crippen molar-refractivity contribution in [2.24, 2.45) is 0 Å².